The van der Waals surface area contributed by atoms with E-state index >= 15 is 0 Å². The molecule has 0 bridgehead atoms. The molecule has 0 amide bonds. The molecular weight excluding hydrogens is 303 g/mol. The molecule has 96 valence electrons. The quantitative estimate of drug-likeness (QED) is 0.647. The van der Waals surface area contributed by atoms with Crippen LogP contribution in [-0.2, 0) is 10.0 Å². The topological polar surface area (TPSA) is 59.1 Å². The van der Waals surface area contributed by atoms with E-state index in [-0.39, 0.29) is 15.1 Å². The third kappa shape index (κ3) is 4.63. The first-order chi connectivity index (χ1) is 7.97. The van der Waals surface area contributed by atoms with Crippen LogP contribution in [0.5, 0.6) is 0 Å². The summed E-state index contributed by atoms with van der Waals surface area (Å²) in [6, 6.07) is 1.29. The summed E-state index contributed by atoms with van der Waals surface area (Å²) in [5.74, 6) is 0.905. The van der Waals surface area contributed by atoms with E-state index in [0.29, 0.717) is 6.54 Å². The van der Waals surface area contributed by atoms with Crippen molar-refractivity contribution in [3.8, 4) is 0 Å². The van der Waals surface area contributed by atoms with Gasteiger partial charge in [-0.25, -0.2) is 18.1 Å². The normalized spacial score (nSPS) is 11.7. The van der Waals surface area contributed by atoms with E-state index in [1.165, 1.54) is 12.3 Å². The van der Waals surface area contributed by atoms with Gasteiger partial charge in [0.25, 0.3) is 0 Å². The van der Waals surface area contributed by atoms with Crippen LogP contribution < -0.4 is 4.72 Å². The summed E-state index contributed by atoms with van der Waals surface area (Å²) in [5, 5.41) is 0.214. The van der Waals surface area contributed by atoms with Gasteiger partial charge in [0, 0.05) is 12.7 Å². The molecule has 0 aliphatic carbocycles. The maximum atomic E-state index is 11.8. The average Bonchev–Trinajstić information content (AvgIpc) is 2.28. The molecule has 0 aliphatic rings. The van der Waals surface area contributed by atoms with Gasteiger partial charge in [-0.1, -0.05) is 23.2 Å². The van der Waals surface area contributed by atoms with E-state index in [1.807, 2.05) is 6.26 Å². The van der Waals surface area contributed by atoms with Gasteiger partial charge >= 0.3 is 0 Å². The summed E-state index contributed by atoms with van der Waals surface area (Å²) in [4.78, 5) is 3.72. The fourth-order valence-electron chi connectivity index (χ4n) is 1.06. The summed E-state index contributed by atoms with van der Waals surface area (Å²) < 4.78 is 26.1. The van der Waals surface area contributed by atoms with Crippen molar-refractivity contribution < 1.29 is 8.42 Å². The number of nitrogens with one attached hydrogen (secondary N) is 1. The van der Waals surface area contributed by atoms with Crippen LogP contribution in [0.15, 0.2) is 17.2 Å². The van der Waals surface area contributed by atoms with Crippen LogP contribution in [0.3, 0.4) is 0 Å². The van der Waals surface area contributed by atoms with E-state index in [4.69, 9.17) is 23.2 Å². The van der Waals surface area contributed by atoms with Crippen LogP contribution in [0.25, 0.3) is 0 Å². The molecule has 0 fully saturated rings. The number of aromatic nitrogens is 1. The zero-order chi connectivity index (χ0) is 12.9. The average molecular weight is 315 g/mol. The number of hydrogen-bond acceptors (Lipinski definition) is 4. The highest BCUT2D eigenvalue weighted by molar-refractivity contribution is 7.98. The number of thioether (sulfide) groups is 1. The van der Waals surface area contributed by atoms with Crippen LogP contribution in [-0.4, -0.2) is 32.0 Å². The van der Waals surface area contributed by atoms with Crippen molar-refractivity contribution in [1.29, 1.82) is 0 Å². The first-order valence-electron chi connectivity index (χ1n) is 4.77. The molecule has 0 saturated carbocycles. The Bertz CT molecular complexity index is 480. The van der Waals surface area contributed by atoms with E-state index < -0.39 is 10.0 Å². The number of sulfonamides is 1. The smallest absolute Gasteiger partial charge is 0.242 e. The third-order valence-electron chi connectivity index (χ3n) is 1.90. The van der Waals surface area contributed by atoms with Crippen molar-refractivity contribution in [1.82, 2.24) is 9.71 Å². The lowest BCUT2D eigenvalue weighted by Crippen LogP contribution is -2.25. The minimum absolute atomic E-state index is 0.0241. The summed E-state index contributed by atoms with van der Waals surface area (Å²) in [5.41, 5.74) is 0. The Kier molecular flexibility index (Phi) is 6.02. The Morgan fingerprint density at radius 3 is 2.76 bits per heavy atom. The van der Waals surface area contributed by atoms with Crippen LogP contribution in [0.2, 0.25) is 10.2 Å². The molecule has 0 spiro atoms. The van der Waals surface area contributed by atoms with Crippen molar-refractivity contribution in [3.63, 3.8) is 0 Å². The zero-order valence-electron chi connectivity index (χ0n) is 9.11. The van der Waals surface area contributed by atoms with Gasteiger partial charge in [-0.05, 0) is 24.5 Å². The standard InChI is InChI=1S/C9H12Cl2N2O2S2/c1-16-4-2-3-13-17(14,15)7-5-8(10)9(11)12-6-7/h5-6,13H,2-4H2,1H3. The van der Waals surface area contributed by atoms with Gasteiger partial charge < -0.3 is 0 Å². The van der Waals surface area contributed by atoms with Gasteiger partial charge in [-0.15, -0.1) is 0 Å². The molecule has 17 heavy (non-hydrogen) atoms. The molecule has 1 N–H and O–H groups in total. The molecular formula is C9H12Cl2N2O2S2. The molecule has 1 aromatic rings. The molecule has 0 atom stereocenters. The van der Waals surface area contributed by atoms with Gasteiger partial charge in [0.1, 0.15) is 10.0 Å². The number of nitrogens with zero attached hydrogens (tertiary/aromatic N) is 1. The van der Waals surface area contributed by atoms with Gasteiger partial charge in [-0.3, -0.25) is 0 Å². The highest BCUT2D eigenvalue weighted by atomic mass is 35.5. The van der Waals surface area contributed by atoms with Gasteiger partial charge in [-0.2, -0.15) is 11.8 Å². The fraction of sp³-hybridized carbons (Fsp3) is 0.444. The molecule has 0 unspecified atom stereocenters. The summed E-state index contributed by atoms with van der Waals surface area (Å²) in [6.45, 7) is 0.392. The predicted octanol–water partition coefficient (Wildman–Crippen LogP) is 2.42. The molecule has 1 aromatic heterocycles. The molecule has 0 aromatic carbocycles. The molecule has 1 heterocycles. The molecule has 0 radical (unpaired) electrons. The second-order valence-electron chi connectivity index (χ2n) is 3.19. The highest BCUT2D eigenvalue weighted by Crippen LogP contribution is 2.21. The van der Waals surface area contributed by atoms with Crippen molar-refractivity contribution >= 4 is 45.0 Å². The molecule has 8 heteroatoms. The van der Waals surface area contributed by atoms with Crippen LogP contribution >= 0.6 is 35.0 Å². The lowest BCUT2D eigenvalue weighted by atomic mass is 10.5. The minimum Gasteiger partial charge on any atom is -0.242 e. The molecule has 0 saturated heterocycles. The van der Waals surface area contributed by atoms with Crippen molar-refractivity contribution in [2.24, 2.45) is 0 Å². The van der Waals surface area contributed by atoms with E-state index in [1.54, 1.807) is 11.8 Å². The van der Waals surface area contributed by atoms with Crippen molar-refractivity contribution in [2.75, 3.05) is 18.6 Å². The maximum absolute atomic E-state index is 11.8. The maximum Gasteiger partial charge on any atom is 0.242 e. The first-order valence-corrected chi connectivity index (χ1v) is 8.40. The van der Waals surface area contributed by atoms with Crippen molar-refractivity contribution in [2.45, 2.75) is 11.3 Å². The lowest BCUT2D eigenvalue weighted by Gasteiger charge is -2.06. The third-order valence-corrected chi connectivity index (χ3v) is 4.71. The largest absolute Gasteiger partial charge is 0.242 e. The lowest BCUT2D eigenvalue weighted by molar-refractivity contribution is 0.580. The second-order valence-corrected chi connectivity index (χ2v) is 6.71. The van der Waals surface area contributed by atoms with Crippen molar-refractivity contribution in [3.05, 3.63) is 22.4 Å². The van der Waals surface area contributed by atoms with Gasteiger partial charge in [0.15, 0.2) is 0 Å². The first kappa shape index (κ1) is 15.0. The van der Waals surface area contributed by atoms with Crippen LogP contribution in [0.1, 0.15) is 6.42 Å². The Labute approximate surface area is 115 Å². The summed E-state index contributed by atoms with van der Waals surface area (Å²) >= 11 is 13.0. The van der Waals surface area contributed by atoms with Gasteiger partial charge in [0.05, 0.1) is 5.02 Å². The Hall–Kier alpha value is -0.0100. The minimum atomic E-state index is -3.54. The second kappa shape index (κ2) is 6.80. The molecule has 1 rings (SSSR count). The zero-order valence-corrected chi connectivity index (χ0v) is 12.3. The number of halogens is 2. The molecule has 0 aliphatic heterocycles. The van der Waals surface area contributed by atoms with Crippen LogP contribution in [0.4, 0.5) is 0 Å². The monoisotopic (exact) mass is 314 g/mol. The number of hydrogen-bond donors (Lipinski definition) is 1. The SMILES string of the molecule is CSCCCNS(=O)(=O)c1cnc(Cl)c(Cl)c1. The van der Waals surface area contributed by atoms with E-state index in [9.17, 15) is 8.42 Å². The number of pyridine rings is 1. The van der Waals surface area contributed by atoms with Crippen LogP contribution in [0, 0.1) is 0 Å². The molecule has 4 nitrogen and oxygen atoms in total. The van der Waals surface area contributed by atoms with Gasteiger partial charge in [0.2, 0.25) is 10.0 Å². The Balaban J connectivity index is 2.72. The summed E-state index contributed by atoms with van der Waals surface area (Å²) in [7, 11) is -3.54. The van der Waals surface area contributed by atoms with E-state index in [0.717, 1.165) is 12.2 Å². The fourth-order valence-corrected chi connectivity index (χ4v) is 2.87. The highest BCUT2D eigenvalue weighted by Gasteiger charge is 2.15. The summed E-state index contributed by atoms with van der Waals surface area (Å²) in [6.07, 6.45) is 3.93. The van der Waals surface area contributed by atoms with E-state index in [2.05, 4.69) is 9.71 Å². The predicted molar refractivity (Wildman–Crippen MR) is 72.4 cm³/mol. The Morgan fingerprint density at radius 1 is 1.47 bits per heavy atom. The number of rotatable bonds is 6. The Morgan fingerprint density at radius 2 is 2.18 bits per heavy atom.